The number of carboxylic acids is 1. The molecule has 9 heteroatoms. The second-order valence-electron chi connectivity index (χ2n) is 4.19. The Morgan fingerprint density at radius 3 is 2.41 bits per heavy atom. The molecular weight excluding hydrogens is 270 g/mol. The predicted octanol–water partition coefficient (Wildman–Crippen LogP) is -0.885. The Morgan fingerprint density at radius 2 is 1.94 bits per heavy atom. The molecule has 17 heavy (non-hydrogen) atoms. The molecule has 0 aliphatic carbocycles. The molecule has 1 unspecified atom stereocenters. The third-order valence-corrected chi connectivity index (χ3v) is 6.51. The Labute approximate surface area is 100 Å². The minimum atomic E-state index is -3.93. The molecule has 1 aliphatic rings. The molecule has 1 fully saturated rings. The molecule has 1 heterocycles. The monoisotopic (exact) mass is 285 g/mol. The highest BCUT2D eigenvalue weighted by atomic mass is 32.3. The Hall–Kier alpha value is -0.670. The van der Waals surface area contributed by atoms with Crippen molar-refractivity contribution in [2.24, 2.45) is 5.92 Å². The molecule has 100 valence electrons. The number of sulfonamides is 1. The van der Waals surface area contributed by atoms with E-state index in [4.69, 9.17) is 5.11 Å². The zero-order chi connectivity index (χ0) is 13.3. The average Bonchev–Trinajstić information content (AvgIpc) is 2.14. The van der Waals surface area contributed by atoms with Crippen LogP contribution in [0.2, 0.25) is 0 Å². The van der Waals surface area contributed by atoms with Crippen molar-refractivity contribution in [1.82, 2.24) is 4.31 Å². The van der Waals surface area contributed by atoms with Crippen LogP contribution in [0.5, 0.6) is 0 Å². The Morgan fingerprint density at radius 1 is 1.35 bits per heavy atom. The number of nitrogens with zero attached hydrogens (tertiary/aromatic N) is 1. The van der Waals surface area contributed by atoms with Gasteiger partial charge in [-0.25, -0.2) is 21.1 Å². The van der Waals surface area contributed by atoms with Crippen LogP contribution in [0.25, 0.3) is 0 Å². The van der Waals surface area contributed by atoms with Crippen molar-refractivity contribution in [2.45, 2.75) is 12.8 Å². The third-order valence-electron chi connectivity index (χ3n) is 2.49. The lowest BCUT2D eigenvalue weighted by Crippen LogP contribution is -2.44. The van der Waals surface area contributed by atoms with Gasteiger partial charge in [0.2, 0.25) is 10.0 Å². The van der Waals surface area contributed by atoms with Crippen molar-refractivity contribution in [3.63, 3.8) is 0 Å². The molecule has 1 saturated heterocycles. The second kappa shape index (κ2) is 4.91. The number of hydrogen-bond acceptors (Lipinski definition) is 5. The van der Waals surface area contributed by atoms with E-state index >= 15 is 0 Å². The first kappa shape index (κ1) is 14.4. The summed E-state index contributed by atoms with van der Waals surface area (Å²) in [6.07, 6.45) is 1.68. The van der Waals surface area contributed by atoms with Gasteiger partial charge in [-0.1, -0.05) is 0 Å². The van der Waals surface area contributed by atoms with E-state index in [1.807, 2.05) is 0 Å². The van der Waals surface area contributed by atoms with Gasteiger partial charge in [-0.3, -0.25) is 4.79 Å². The summed E-state index contributed by atoms with van der Waals surface area (Å²) in [5, 5.41) is 7.85. The maximum atomic E-state index is 11.7. The molecule has 0 aromatic rings. The fraction of sp³-hybridized carbons (Fsp3) is 0.875. The Bertz CT molecular complexity index is 494. The molecule has 1 aliphatic heterocycles. The molecule has 0 aromatic heterocycles. The summed E-state index contributed by atoms with van der Waals surface area (Å²) in [4.78, 5) is 10.8. The minimum absolute atomic E-state index is 0.146. The molecule has 0 radical (unpaired) electrons. The van der Waals surface area contributed by atoms with E-state index < -0.39 is 36.8 Å². The highest BCUT2D eigenvalue weighted by Crippen LogP contribution is 2.20. The summed E-state index contributed by atoms with van der Waals surface area (Å²) in [5.74, 6) is -1.80. The first-order valence-corrected chi connectivity index (χ1v) is 8.67. The van der Waals surface area contributed by atoms with Gasteiger partial charge in [0, 0.05) is 19.3 Å². The standard InChI is InChI=1S/C8H15NO6S2/c1-16(12,13)6-17(14,15)9-4-2-3-7(5-9)8(10)11/h7H,2-6H2,1H3,(H,10,11). The summed E-state index contributed by atoms with van der Waals surface area (Å²) in [5.41, 5.74) is 0. The Kier molecular flexibility index (Phi) is 4.15. The van der Waals surface area contributed by atoms with Crippen LogP contribution in [0.15, 0.2) is 0 Å². The van der Waals surface area contributed by atoms with Gasteiger partial charge >= 0.3 is 5.97 Å². The molecule has 1 rings (SSSR count). The van der Waals surface area contributed by atoms with E-state index in [1.165, 1.54) is 0 Å². The zero-order valence-electron chi connectivity index (χ0n) is 9.37. The predicted molar refractivity (Wildman–Crippen MR) is 60.6 cm³/mol. The lowest BCUT2D eigenvalue weighted by Gasteiger charge is -2.29. The lowest BCUT2D eigenvalue weighted by molar-refractivity contribution is -0.142. The summed E-state index contributed by atoms with van der Waals surface area (Å²) in [7, 11) is -7.57. The van der Waals surface area contributed by atoms with Crippen molar-refractivity contribution in [3.05, 3.63) is 0 Å². The molecule has 0 spiro atoms. The summed E-state index contributed by atoms with van der Waals surface area (Å²) >= 11 is 0. The molecule has 1 N–H and O–H groups in total. The van der Waals surface area contributed by atoms with Gasteiger partial charge in [-0.2, -0.15) is 0 Å². The lowest BCUT2D eigenvalue weighted by atomic mass is 10.0. The topological polar surface area (TPSA) is 109 Å². The van der Waals surface area contributed by atoms with Crippen LogP contribution in [-0.2, 0) is 24.7 Å². The van der Waals surface area contributed by atoms with Gasteiger partial charge in [-0.15, -0.1) is 0 Å². The Balaban J connectivity index is 2.82. The van der Waals surface area contributed by atoms with Crippen LogP contribution in [0.4, 0.5) is 0 Å². The molecule has 0 saturated carbocycles. The highest BCUT2D eigenvalue weighted by Gasteiger charge is 2.33. The van der Waals surface area contributed by atoms with E-state index in [9.17, 15) is 21.6 Å². The zero-order valence-corrected chi connectivity index (χ0v) is 11.0. The average molecular weight is 285 g/mol. The van der Waals surface area contributed by atoms with Gasteiger partial charge in [0.25, 0.3) is 0 Å². The van der Waals surface area contributed by atoms with E-state index in [1.54, 1.807) is 0 Å². The van der Waals surface area contributed by atoms with Crippen LogP contribution in [0, 0.1) is 5.92 Å². The van der Waals surface area contributed by atoms with E-state index in [2.05, 4.69) is 0 Å². The summed E-state index contributed by atoms with van der Waals surface area (Å²) in [6.45, 7) is 0.0365. The van der Waals surface area contributed by atoms with Crippen molar-refractivity contribution >= 4 is 25.8 Å². The third kappa shape index (κ3) is 4.25. The van der Waals surface area contributed by atoms with Gasteiger partial charge in [0.1, 0.15) is 0 Å². The fourth-order valence-corrected chi connectivity index (χ4v) is 5.32. The maximum absolute atomic E-state index is 11.7. The SMILES string of the molecule is CS(=O)(=O)CS(=O)(=O)N1CCCC(C(=O)O)C1. The van der Waals surface area contributed by atoms with Crippen LogP contribution >= 0.6 is 0 Å². The van der Waals surface area contributed by atoms with Crippen molar-refractivity contribution < 1.29 is 26.7 Å². The molecule has 0 bridgehead atoms. The van der Waals surface area contributed by atoms with Gasteiger partial charge in [0.15, 0.2) is 14.9 Å². The molecule has 0 aromatic carbocycles. The summed E-state index contributed by atoms with van der Waals surface area (Å²) in [6, 6.07) is 0. The van der Waals surface area contributed by atoms with Crippen molar-refractivity contribution in [1.29, 1.82) is 0 Å². The van der Waals surface area contributed by atoms with Gasteiger partial charge in [0.05, 0.1) is 5.92 Å². The number of sulfone groups is 1. The largest absolute Gasteiger partial charge is 0.481 e. The van der Waals surface area contributed by atoms with Crippen molar-refractivity contribution in [2.75, 3.05) is 24.4 Å². The van der Waals surface area contributed by atoms with Crippen LogP contribution in [-0.4, -0.2) is 56.6 Å². The maximum Gasteiger partial charge on any atom is 0.307 e. The molecule has 0 amide bonds. The fourth-order valence-electron chi connectivity index (χ4n) is 1.74. The molecule has 7 nitrogen and oxygen atoms in total. The van der Waals surface area contributed by atoms with E-state index in [0.29, 0.717) is 12.8 Å². The number of carbonyl (C=O) groups is 1. The van der Waals surface area contributed by atoms with Crippen LogP contribution in [0.3, 0.4) is 0 Å². The van der Waals surface area contributed by atoms with Gasteiger partial charge in [-0.05, 0) is 12.8 Å². The van der Waals surface area contributed by atoms with E-state index in [-0.39, 0.29) is 13.1 Å². The number of carboxylic acid groups (broad SMARTS) is 1. The second-order valence-corrected chi connectivity index (χ2v) is 8.67. The summed E-state index contributed by atoms with van der Waals surface area (Å²) < 4.78 is 46.4. The number of aliphatic carboxylic acids is 1. The number of rotatable bonds is 4. The van der Waals surface area contributed by atoms with Crippen LogP contribution in [0.1, 0.15) is 12.8 Å². The minimum Gasteiger partial charge on any atom is -0.481 e. The molecule has 1 atom stereocenters. The normalized spacial score (nSPS) is 23.5. The smallest absolute Gasteiger partial charge is 0.307 e. The first-order chi connectivity index (χ1) is 7.62. The van der Waals surface area contributed by atoms with Crippen LogP contribution < -0.4 is 0 Å². The first-order valence-electron chi connectivity index (χ1n) is 5.00. The highest BCUT2D eigenvalue weighted by molar-refractivity contribution is 8.06. The quantitative estimate of drug-likeness (QED) is 0.718. The number of hydrogen-bond donors (Lipinski definition) is 1. The molecular formula is C8H15NO6S2. The van der Waals surface area contributed by atoms with Crippen molar-refractivity contribution in [3.8, 4) is 0 Å². The van der Waals surface area contributed by atoms with Gasteiger partial charge < -0.3 is 5.11 Å². The number of piperidine rings is 1. The van der Waals surface area contributed by atoms with E-state index in [0.717, 1.165) is 10.6 Å².